The lowest BCUT2D eigenvalue weighted by atomic mass is 10.6. The first-order chi connectivity index (χ1) is 3.77. The summed E-state index contributed by atoms with van der Waals surface area (Å²) in [6.45, 7) is 0. The van der Waals surface area contributed by atoms with Crippen molar-refractivity contribution in [1.82, 2.24) is 0 Å². The Hall–Kier alpha value is 1.09. The van der Waals surface area contributed by atoms with Crippen LogP contribution in [-0.4, -0.2) is 19.9 Å². The summed E-state index contributed by atoms with van der Waals surface area (Å²) >= 11 is 16.3. The lowest BCUT2D eigenvalue weighted by Gasteiger charge is -1.94. The number of rotatable bonds is 4. The largest absolute Gasteiger partial charge is 0.127 e. The molecule has 0 aliphatic heterocycles. The highest BCUT2D eigenvalue weighted by Crippen LogP contribution is 2.03. The average Bonchev–Trinajstić information content (AvgIpc) is 1.66. The molecule has 0 atom stereocenters. The van der Waals surface area contributed by atoms with Gasteiger partial charge in [-0.1, -0.05) is 6.04 Å². The fraction of sp³-hybridized carbons (Fsp3) is 1.00. The normalized spacial score (nSPS) is 10.5. The van der Waals surface area contributed by atoms with Crippen molar-refractivity contribution in [3.63, 3.8) is 0 Å². The van der Waals surface area contributed by atoms with Crippen LogP contribution in [0.2, 0.25) is 6.04 Å². The third kappa shape index (κ3) is 7.09. The molecule has 0 saturated heterocycles. The van der Waals surface area contributed by atoms with Gasteiger partial charge in [-0.3, -0.25) is 0 Å². The summed E-state index contributed by atoms with van der Waals surface area (Å²) in [5, 5.41) is 0. The fourth-order valence-electron chi connectivity index (χ4n) is 0.278. The summed E-state index contributed by atoms with van der Waals surface area (Å²) in [5.74, 6) is 0.716. The summed E-state index contributed by atoms with van der Waals surface area (Å²) in [4.78, 5) is 0. The zero-order valence-corrected chi connectivity index (χ0v) is 7.60. The van der Waals surface area contributed by atoms with E-state index in [2.05, 4.69) is 0 Å². The molecule has 0 nitrogen and oxygen atoms in total. The molecular formula is C4H7Cl3Si. The molecular weight excluding hydrogens is 182 g/mol. The molecule has 0 rings (SSSR count). The van der Waals surface area contributed by atoms with E-state index in [-0.39, 0.29) is 4.46 Å². The van der Waals surface area contributed by atoms with Gasteiger partial charge in [0.15, 0.2) is 0 Å². The average molecular weight is 190 g/mol. The van der Waals surface area contributed by atoms with E-state index in [4.69, 9.17) is 34.8 Å². The van der Waals surface area contributed by atoms with Crippen molar-refractivity contribution in [2.24, 2.45) is 0 Å². The molecule has 0 aromatic carbocycles. The quantitative estimate of drug-likeness (QED) is 0.362. The van der Waals surface area contributed by atoms with Crippen LogP contribution in [0.15, 0.2) is 0 Å². The van der Waals surface area contributed by atoms with Crippen molar-refractivity contribution in [2.75, 3.05) is 5.88 Å². The molecule has 0 unspecified atom stereocenters. The summed E-state index contributed by atoms with van der Waals surface area (Å²) < 4.78 is -0.182. The third-order valence-electron chi connectivity index (χ3n) is 0.609. The van der Waals surface area contributed by atoms with Gasteiger partial charge < -0.3 is 0 Å². The van der Waals surface area contributed by atoms with Gasteiger partial charge in [-0.05, 0) is 6.42 Å². The molecule has 8 heavy (non-hydrogen) atoms. The Labute approximate surface area is 67.3 Å². The van der Waals surface area contributed by atoms with Crippen LogP contribution in [0.4, 0.5) is 0 Å². The monoisotopic (exact) mass is 188 g/mol. The van der Waals surface area contributed by atoms with Gasteiger partial charge in [0.1, 0.15) is 0 Å². The van der Waals surface area contributed by atoms with Crippen LogP contribution in [0.25, 0.3) is 0 Å². The maximum Gasteiger partial charge on any atom is 0.0929 e. The lowest BCUT2D eigenvalue weighted by molar-refractivity contribution is 1.08. The Balaban J connectivity index is 2.72. The maximum absolute atomic E-state index is 5.45. The van der Waals surface area contributed by atoms with E-state index in [0.29, 0.717) is 15.4 Å². The summed E-state index contributed by atoms with van der Waals surface area (Å²) in [6.07, 6.45) is 1.02. The van der Waals surface area contributed by atoms with E-state index >= 15 is 0 Å². The van der Waals surface area contributed by atoms with Crippen molar-refractivity contribution in [3.05, 3.63) is 0 Å². The second-order valence-electron chi connectivity index (χ2n) is 1.30. The predicted molar refractivity (Wildman–Crippen MR) is 41.4 cm³/mol. The first kappa shape index (κ1) is 9.09. The second kappa shape index (κ2) is 6.21. The van der Waals surface area contributed by atoms with Gasteiger partial charge in [0.2, 0.25) is 0 Å². The van der Waals surface area contributed by atoms with Crippen molar-refractivity contribution >= 4 is 44.3 Å². The van der Waals surface area contributed by atoms with E-state index in [9.17, 15) is 0 Å². The molecule has 0 saturated carbocycles. The SMILES string of the molecule is ClCCC[Si]C(Cl)Cl. The number of hydrogen-bond donors (Lipinski definition) is 0. The molecule has 0 spiro atoms. The van der Waals surface area contributed by atoms with Crippen molar-refractivity contribution in [1.29, 1.82) is 0 Å². The molecule has 4 heteroatoms. The molecule has 0 heterocycles. The van der Waals surface area contributed by atoms with Gasteiger partial charge in [-0.2, -0.15) is 0 Å². The van der Waals surface area contributed by atoms with Crippen molar-refractivity contribution < 1.29 is 0 Å². The summed E-state index contributed by atoms with van der Waals surface area (Å²) in [6, 6.07) is 1.06. The van der Waals surface area contributed by atoms with Crippen LogP contribution in [0, 0.1) is 0 Å². The Morgan fingerprint density at radius 1 is 1.38 bits per heavy atom. The minimum Gasteiger partial charge on any atom is -0.127 e. The van der Waals surface area contributed by atoms with E-state index < -0.39 is 0 Å². The first-order valence-corrected chi connectivity index (χ1v) is 5.04. The second-order valence-corrected chi connectivity index (χ2v) is 4.99. The van der Waals surface area contributed by atoms with Gasteiger partial charge >= 0.3 is 0 Å². The van der Waals surface area contributed by atoms with Crippen LogP contribution in [0.5, 0.6) is 0 Å². The molecule has 0 amide bonds. The molecule has 0 aliphatic rings. The molecule has 0 fully saturated rings. The van der Waals surface area contributed by atoms with Crippen LogP contribution >= 0.6 is 34.8 Å². The van der Waals surface area contributed by atoms with E-state index in [0.717, 1.165) is 12.5 Å². The fourth-order valence-corrected chi connectivity index (χ4v) is 1.89. The number of halogens is 3. The highest BCUT2D eigenvalue weighted by Gasteiger charge is 1.97. The maximum atomic E-state index is 5.45. The zero-order valence-electron chi connectivity index (χ0n) is 4.33. The standard InChI is InChI=1S/C4H7Cl3Si/c5-2-1-3-8-4(6)7/h4H,1-3H2. The molecule has 0 aromatic heterocycles. The molecule has 48 valence electrons. The molecule has 0 aromatic rings. The van der Waals surface area contributed by atoms with Gasteiger partial charge in [-0.25, -0.2) is 0 Å². The smallest absolute Gasteiger partial charge is 0.0929 e. The molecule has 0 aliphatic carbocycles. The summed E-state index contributed by atoms with van der Waals surface area (Å²) in [7, 11) is 0.642. The highest BCUT2D eigenvalue weighted by molar-refractivity contribution is 6.68. The van der Waals surface area contributed by atoms with Crippen LogP contribution in [-0.2, 0) is 0 Å². The zero-order chi connectivity index (χ0) is 6.41. The Morgan fingerprint density at radius 3 is 2.38 bits per heavy atom. The van der Waals surface area contributed by atoms with Gasteiger partial charge in [0, 0.05) is 5.88 Å². The minimum absolute atomic E-state index is 0.182. The van der Waals surface area contributed by atoms with Crippen LogP contribution < -0.4 is 0 Å². The Bertz CT molecular complexity index is 48.5. The Morgan fingerprint density at radius 2 is 2.00 bits per heavy atom. The van der Waals surface area contributed by atoms with E-state index in [1.807, 2.05) is 0 Å². The minimum atomic E-state index is -0.182. The van der Waals surface area contributed by atoms with Crippen LogP contribution in [0.3, 0.4) is 0 Å². The van der Waals surface area contributed by atoms with Gasteiger partial charge in [0.05, 0.1) is 14.0 Å². The van der Waals surface area contributed by atoms with Gasteiger partial charge in [-0.15, -0.1) is 34.8 Å². The molecule has 0 bridgehead atoms. The first-order valence-electron chi connectivity index (χ1n) is 2.35. The predicted octanol–water partition coefficient (Wildman–Crippen LogP) is 2.50. The van der Waals surface area contributed by atoms with Crippen molar-refractivity contribution in [2.45, 2.75) is 16.9 Å². The highest BCUT2D eigenvalue weighted by atomic mass is 35.5. The van der Waals surface area contributed by atoms with Crippen LogP contribution in [0.1, 0.15) is 6.42 Å². The number of hydrogen-bond acceptors (Lipinski definition) is 0. The third-order valence-corrected chi connectivity index (χ3v) is 2.75. The molecule has 2 radical (unpaired) electrons. The topological polar surface area (TPSA) is 0 Å². The Kier molecular flexibility index (Phi) is 7.05. The lowest BCUT2D eigenvalue weighted by Crippen LogP contribution is -2.00. The van der Waals surface area contributed by atoms with E-state index in [1.54, 1.807) is 0 Å². The van der Waals surface area contributed by atoms with E-state index in [1.165, 1.54) is 0 Å². The summed E-state index contributed by atoms with van der Waals surface area (Å²) in [5.41, 5.74) is 0. The van der Waals surface area contributed by atoms with Crippen molar-refractivity contribution in [3.8, 4) is 0 Å². The molecule has 0 N–H and O–H groups in total. The van der Waals surface area contributed by atoms with Gasteiger partial charge in [0.25, 0.3) is 0 Å². The number of alkyl halides is 3.